The molecule has 1 aromatic heterocycles. The van der Waals surface area contributed by atoms with Gasteiger partial charge in [-0.2, -0.15) is 0 Å². The lowest BCUT2D eigenvalue weighted by molar-refractivity contribution is 0.581. The van der Waals surface area contributed by atoms with Crippen molar-refractivity contribution in [2.45, 2.75) is 24.7 Å². The minimum Gasteiger partial charge on any atom is -0.398 e. The second-order valence-electron chi connectivity index (χ2n) is 4.44. The molecule has 6 nitrogen and oxygen atoms in total. The van der Waals surface area contributed by atoms with E-state index in [1.165, 1.54) is 6.07 Å². The molecule has 0 spiro atoms. The highest BCUT2D eigenvalue weighted by molar-refractivity contribution is 7.89. The Labute approximate surface area is 118 Å². The van der Waals surface area contributed by atoms with Crippen molar-refractivity contribution in [3.63, 3.8) is 0 Å². The zero-order valence-corrected chi connectivity index (χ0v) is 12.1. The first kappa shape index (κ1) is 14.5. The molecule has 0 bridgehead atoms. The van der Waals surface area contributed by atoms with Crippen LogP contribution in [0.3, 0.4) is 0 Å². The monoisotopic (exact) mass is 294 g/mol. The Morgan fingerprint density at radius 3 is 2.80 bits per heavy atom. The molecule has 0 radical (unpaired) electrons. The van der Waals surface area contributed by atoms with Gasteiger partial charge >= 0.3 is 0 Å². The van der Waals surface area contributed by atoms with E-state index in [1.807, 2.05) is 6.92 Å². The molecule has 0 atom stereocenters. The predicted molar refractivity (Wildman–Crippen MR) is 77.7 cm³/mol. The molecular weight excluding hydrogens is 276 g/mol. The molecule has 0 aliphatic heterocycles. The Kier molecular flexibility index (Phi) is 4.41. The van der Waals surface area contributed by atoms with Crippen LogP contribution in [0.5, 0.6) is 0 Å². The summed E-state index contributed by atoms with van der Waals surface area (Å²) in [4.78, 5) is 6.99. The summed E-state index contributed by atoms with van der Waals surface area (Å²) in [5, 5.41) is 0. The summed E-state index contributed by atoms with van der Waals surface area (Å²) in [6.45, 7) is 2.28. The van der Waals surface area contributed by atoms with Crippen molar-refractivity contribution < 1.29 is 8.42 Å². The first-order valence-electron chi connectivity index (χ1n) is 6.38. The third-order valence-corrected chi connectivity index (χ3v) is 4.51. The number of nitrogen functional groups attached to an aromatic ring is 1. The lowest BCUT2D eigenvalue weighted by Crippen LogP contribution is -2.26. The highest BCUT2D eigenvalue weighted by Crippen LogP contribution is 2.18. The average molecular weight is 294 g/mol. The number of nitrogens with two attached hydrogens (primary N) is 1. The van der Waals surface area contributed by atoms with Crippen LogP contribution in [0.4, 0.5) is 5.69 Å². The van der Waals surface area contributed by atoms with Gasteiger partial charge in [0.25, 0.3) is 0 Å². The number of anilines is 1. The molecule has 0 aliphatic carbocycles. The summed E-state index contributed by atoms with van der Waals surface area (Å²) in [5.41, 5.74) is 8.16. The van der Waals surface area contributed by atoms with Crippen LogP contribution < -0.4 is 10.5 Å². The van der Waals surface area contributed by atoms with Gasteiger partial charge in [-0.15, -0.1) is 0 Å². The van der Waals surface area contributed by atoms with Gasteiger partial charge in [-0.25, -0.2) is 18.1 Å². The lowest BCUT2D eigenvalue weighted by atomic mass is 10.1. The number of benzene rings is 1. The third-order valence-electron chi connectivity index (χ3n) is 3.05. The summed E-state index contributed by atoms with van der Waals surface area (Å²) >= 11 is 0. The first-order valence-corrected chi connectivity index (χ1v) is 7.86. The Bertz CT molecular complexity index is 666. The fraction of sp³-hybridized carbons (Fsp3) is 0.308. The number of aromatic nitrogens is 2. The van der Waals surface area contributed by atoms with Crippen LogP contribution in [0.15, 0.2) is 35.6 Å². The number of aromatic amines is 1. The minimum absolute atomic E-state index is 0.191. The van der Waals surface area contributed by atoms with Gasteiger partial charge in [0.1, 0.15) is 0 Å². The molecule has 7 heteroatoms. The fourth-order valence-corrected chi connectivity index (χ4v) is 2.95. The largest absolute Gasteiger partial charge is 0.398 e. The fourth-order valence-electron chi connectivity index (χ4n) is 1.89. The van der Waals surface area contributed by atoms with Crippen molar-refractivity contribution in [1.82, 2.24) is 14.7 Å². The summed E-state index contributed by atoms with van der Waals surface area (Å²) in [6, 6.07) is 4.82. The van der Waals surface area contributed by atoms with Gasteiger partial charge in [-0.05, 0) is 24.1 Å². The Morgan fingerprint density at radius 1 is 1.40 bits per heavy atom. The van der Waals surface area contributed by atoms with E-state index >= 15 is 0 Å². The molecule has 2 aromatic rings. The van der Waals surface area contributed by atoms with Crippen LogP contribution in [0.2, 0.25) is 0 Å². The van der Waals surface area contributed by atoms with Gasteiger partial charge in [-0.3, -0.25) is 0 Å². The molecule has 0 amide bonds. The van der Waals surface area contributed by atoms with Crippen molar-refractivity contribution >= 4 is 15.7 Å². The van der Waals surface area contributed by atoms with Gasteiger partial charge in [0, 0.05) is 30.5 Å². The number of imidazole rings is 1. The minimum atomic E-state index is -3.53. The molecule has 0 saturated heterocycles. The van der Waals surface area contributed by atoms with Gasteiger partial charge < -0.3 is 10.7 Å². The second kappa shape index (κ2) is 6.06. The molecule has 0 unspecified atom stereocenters. The van der Waals surface area contributed by atoms with E-state index in [4.69, 9.17) is 5.73 Å². The van der Waals surface area contributed by atoms with E-state index in [2.05, 4.69) is 14.7 Å². The maximum atomic E-state index is 12.1. The molecule has 1 aromatic carbocycles. The summed E-state index contributed by atoms with van der Waals surface area (Å²) in [5.74, 6) is 0. The number of rotatable bonds is 6. The first-order chi connectivity index (χ1) is 9.53. The highest BCUT2D eigenvalue weighted by Gasteiger charge is 2.14. The van der Waals surface area contributed by atoms with Crippen LogP contribution in [-0.4, -0.2) is 24.9 Å². The molecule has 0 saturated carbocycles. The SMILES string of the molecule is CCc1ccc(S(=O)(=O)NCCc2cnc[nH]2)cc1N. The number of aryl methyl sites for hydroxylation is 1. The average Bonchev–Trinajstić information content (AvgIpc) is 2.91. The van der Waals surface area contributed by atoms with Crippen molar-refractivity contribution in [2.75, 3.05) is 12.3 Å². The smallest absolute Gasteiger partial charge is 0.240 e. The standard InChI is InChI=1S/C13H18N4O2S/c1-2-10-3-4-12(7-13(10)14)20(18,19)17-6-5-11-8-15-9-16-11/h3-4,7-9,17H,2,5-6,14H2,1H3,(H,15,16). The number of hydrogen-bond acceptors (Lipinski definition) is 4. The normalized spacial score (nSPS) is 11.7. The number of nitrogens with one attached hydrogen (secondary N) is 2. The van der Waals surface area contributed by atoms with Gasteiger partial charge in [0.2, 0.25) is 10.0 Å². The zero-order valence-electron chi connectivity index (χ0n) is 11.3. The number of H-pyrrole nitrogens is 1. The van der Waals surface area contributed by atoms with E-state index in [9.17, 15) is 8.42 Å². The van der Waals surface area contributed by atoms with Gasteiger partial charge in [0.05, 0.1) is 11.2 Å². The summed E-state index contributed by atoms with van der Waals surface area (Å²) in [7, 11) is -3.53. The number of sulfonamides is 1. The zero-order chi connectivity index (χ0) is 14.6. The van der Waals surface area contributed by atoms with Crippen molar-refractivity contribution in [3.8, 4) is 0 Å². The quantitative estimate of drug-likeness (QED) is 0.694. The summed E-state index contributed by atoms with van der Waals surface area (Å²) in [6.07, 6.45) is 4.57. The van der Waals surface area contributed by atoms with E-state index in [0.29, 0.717) is 18.7 Å². The van der Waals surface area contributed by atoms with Crippen LogP contribution in [0.1, 0.15) is 18.2 Å². The maximum absolute atomic E-state index is 12.1. The number of nitrogens with zero attached hydrogens (tertiary/aromatic N) is 1. The molecule has 20 heavy (non-hydrogen) atoms. The van der Waals surface area contributed by atoms with Gasteiger partial charge in [0.15, 0.2) is 0 Å². The van der Waals surface area contributed by atoms with E-state index in [0.717, 1.165) is 17.7 Å². The Morgan fingerprint density at radius 2 is 2.20 bits per heavy atom. The highest BCUT2D eigenvalue weighted by atomic mass is 32.2. The van der Waals surface area contributed by atoms with E-state index < -0.39 is 10.0 Å². The summed E-state index contributed by atoms with van der Waals surface area (Å²) < 4.78 is 26.8. The molecule has 4 N–H and O–H groups in total. The van der Waals surface area contributed by atoms with Crippen molar-refractivity contribution in [3.05, 3.63) is 42.0 Å². The molecule has 2 rings (SSSR count). The van der Waals surface area contributed by atoms with Crippen LogP contribution >= 0.6 is 0 Å². The van der Waals surface area contributed by atoms with Crippen molar-refractivity contribution in [1.29, 1.82) is 0 Å². The van der Waals surface area contributed by atoms with Crippen LogP contribution in [0, 0.1) is 0 Å². The predicted octanol–water partition coefficient (Wildman–Crippen LogP) is 1.08. The topological polar surface area (TPSA) is 101 Å². The van der Waals surface area contributed by atoms with E-state index in [-0.39, 0.29) is 4.90 Å². The Balaban J connectivity index is 2.04. The molecule has 0 fully saturated rings. The Hall–Kier alpha value is -1.86. The molecule has 108 valence electrons. The second-order valence-corrected chi connectivity index (χ2v) is 6.21. The van der Waals surface area contributed by atoms with Crippen LogP contribution in [-0.2, 0) is 22.9 Å². The number of hydrogen-bond donors (Lipinski definition) is 3. The molecular formula is C13H18N4O2S. The van der Waals surface area contributed by atoms with Gasteiger partial charge in [-0.1, -0.05) is 13.0 Å². The van der Waals surface area contributed by atoms with E-state index in [1.54, 1.807) is 24.7 Å². The van der Waals surface area contributed by atoms with Crippen molar-refractivity contribution in [2.24, 2.45) is 0 Å². The third kappa shape index (κ3) is 3.37. The molecule has 0 aliphatic rings. The maximum Gasteiger partial charge on any atom is 0.240 e. The lowest BCUT2D eigenvalue weighted by Gasteiger charge is -2.09. The molecule has 1 heterocycles. The van der Waals surface area contributed by atoms with Crippen LogP contribution in [0.25, 0.3) is 0 Å².